The molecule has 21 heavy (non-hydrogen) atoms. The molecule has 0 amide bonds. The molecule has 0 heterocycles. The van der Waals surface area contributed by atoms with E-state index in [9.17, 15) is 4.79 Å². The third kappa shape index (κ3) is 3.63. The van der Waals surface area contributed by atoms with Crippen molar-refractivity contribution in [2.45, 2.75) is 19.3 Å². The van der Waals surface area contributed by atoms with Crippen molar-refractivity contribution in [1.82, 2.24) is 0 Å². The summed E-state index contributed by atoms with van der Waals surface area (Å²) < 4.78 is 10.5. The molecule has 110 valence electrons. The van der Waals surface area contributed by atoms with Gasteiger partial charge in [-0.2, -0.15) is 0 Å². The van der Waals surface area contributed by atoms with Crippen molar-refractivity contribution in [3.05, 3.63) is 59.2 Å². The minimum absolute atomic E-state index is 0.188. The molecule has 3 nitrogen and oxygen atoms in total. The van der Waals surface area contributed by atoms with E-state index in [0.717, 1.165) is 17.4 Å². The standard InChI is InChI=1S/C18H20O3/c1-13-5-4-6-14(9-13)10-16(12-19)15-7-8-17(20-2)18(11-15)21-3/h4-9,11-12,16H,10H2,1-3H3. The molecule has 2 aromatic carbocycles. The molecule has 0 bridgehead atoms. The number of methoxy groups -OCH3 is 2. The van der Waals surface area contributed by atoms with E-state index in [1.54, 1.807) is 14.2 Å². The summed E-state index contributed by atoms with van der Waals surface area (Å²) in [4.78, 5) is 11.5. The average Bonchev–Trinajstić information content (AvgIpc) is 2.52. The van der Waals surface area contributed by atoms with Crippen LogP contribution in [-0.2, 0) is 11.2 Å². The first-order valence-electron chi connectivity index (χ1n) is 6.90. The van der Waals surface area contributed by atoms with Crippen molar-refractivity contribution >= 4 is 6.29 Å². The van der Waals surface area contributed by atoms with Gasteiger partial charge in [0.15, 0.2) is 11.5 Å². The maximum Gasteiger partial charge on any atom is 0.161 e. The molecule has 2 aromatic rings. The summed E-state index contributed by atoms with van der Waals surface area (Å²) in [5.74, 6) is 1.12. The van der Waals surface area contributed by atoms with Gasteiger partial charge in [0.2, 0.25) is 0 Å². The Morgan fingerprint density at radius 3 is 2.43 bits per heavy atom. The largest absolute Gasteiger partial charge is 0.493 e. The van der Waals surface area contributed by atoms with E-state index in [1.165, 1.54) is 5.56 Å². The molecule has 1 unspecified atom stereocenters. The van der Waals surface area contributed by atoms with Gasteiger partial charge in [0.05, 0.1) is 14.2 Å². The van der Waals surface area contributed by atoms with E-state index >= 15 is 0 Å². The third-order valence-corrected chi connectivity index (χ3v) is 3.54. The molecular weight excluding hydrogens is 264 g/mol. The van der Waals surface area contributed by atoms with Crippen LogP contribution in [0.5, 0.6) is 11.5 Å². The molecule has 2 rings (SSSR count). The molecule has 0 aliphatic heterocycles. The highest BCUT2D eigenvalue weighted by atomic mass is 16.5. The molecule has 1 atom stereocenters. The first kappa shape index (κ1) is 15.1. The number of ether oxygens (including phenoxy) is 2. The minimum Gasteiger partial charge on any atom is -0.493 e. The molecule has 3 heteroatoms. The normalized spacial score (nSPS) is 11.8. The molecule has 0 aromatic heterocycles. The highest BCUT2D eigenvalue weighted by molar-refractivity contribution is 5.64. The van der Waals surface area contributed by atoms with Crippen LogP contribution in [0, 0.1) is 6.92 Å². The topological polar surface area (TPSA) is 35.5 Å². The van der Waals surface area contributed by atoms with Gasteiger partial charge in [-0.3, -0.25) is 0 Å². The summed E-state index contributed by atoms with van der Waals surface area (Å²) in [5.41, 5.74) is 3.29. The molecule has 0 spiro atoms. The number of aldehydes is 1. The second-order valence-electron chi connectivity index (χ2n) is 5.05. The van der Waals surface area contributed by atoms with Crippen molar-refractivity contribution in [3.8, 4) is 11.5 Å². The van der Waals surface area contributed by atoms with Gasteiger partial charge in [-0.25, -0.2) is 0 Å². The van der Waals surface area contributed by atoms with Crippen molar-refractivity contribution in [1.29, 1.82) is 0 Å². The molecule has 0 aliphatic carbocycles. The van der Waals surface area contributed by atoms with Crippen LogP contribution < -0.4 is 9.47 Å². The van der Waals surface area contributed by atoms with Crippen LogP contribution in [-0.4, -0.2) is 20.5 Å². The van der Waals surface area contributed by atoms with Crippen LogP contribution in [0.3, 0.4) is 0 Å². The molecule has 0 aliphatic rings. The summed E-state index contributed by atoms with van der Waals surface area (Å²) in [7, 11) is 3.19. The Hall–Kier alpha value is -2.29. The maximum atomic E-state index is 11.5. The first-order chi connectivity index (χ1) is 10.2. The van der Waals surface area contributed by atoms with Crippen molar-refractivity contribution in [2.75, 3.05) is 14.2 Å². The third-order valence-electron chi connectivity index (χ3n) is 3.54. The van der Waals surface area contributed by atoms with Gasteiger partial charge in [-0.1, -0.05) is 35.9 Å². The Morgan fingerprint density at radius 2 is 1.81 bits per heavy atom. The number of carbonyl (C=O) groups is 1. The number of hydrogen-bond donors (Lipinski definition) is 0. The van der Waals surface area contributed by atoms with Gasteiger partial charge in [0.1, 0.15) is 6.29 Å². The zero-order valence-electron chi connectivity index (χ0n) is 12.6. The fourth-order valence-electron chi connectivity index (χ4n) is 2.42. The maximum absolute atomic E-state index is 11.5. The van der Waals surface area contributed by atoms with Crippen LogP contribution in [0.25, 0.3) is 0 Å². The van der Waals surface area contributed by atoms with Crippen molar-refractivity contribution in [2.24, 2.45) is 0 Å². The van der Waals surface area contributed by atoms with E-state index in [1.807, 2.05) is 30.3 Å². The first-order valence-corrected chi connectivity index (χ1v) is 6.90. The highest BCUT2D eigenvalue weighted by Crippen LogP contribution is 2.31. The van der Waals surface area contributed by atoms with E-state index in [0.29, 0.717) is 17.9 Å². The summed E-state index contributed by atoms with van der Waals surface area (Å²) in [5, 5.41) is 0. The van der Waals surface area contributed by atoms with E-state index in [2.05, 4.69) is 19.1 Å². The second kappa shape index (κ2) is 6.93. The van der Waals surface area contributed by atoms with Crippen LogP contribution in [0.15, 0.2) is 42.5 Å². The van der Waals surface area contributed by atoms with Gasteiger partial charge < -0.3 is 14.3 Å². The summed E-state index contributed by atoms with van der Waals surface area (Å²) >= 11 is 0. The van der Waals surface area contributed by atoms with Crippen LogP contribution in [0.1, 0.15) is 22.6 Å². The van der Waals surface area contributed by atoms with Gasteiger partial charge in [-0.15, -0.1) is 0 Å². The van der Waals surface area contributed by atoms with E-state index in [-0.39, 0.29) is 5.92 Å². The number of aryl methyl sites for hydroxylation is 1. The molecule has 0 fully saturated rings. The van der Waals surface area contributed by atoms with E-state index in [4.69, 9.17) is 9.47 Å². The second-order valence-corrected chi connectivity index (χ2v) is 5.05. The van der Waals surface area contributed by atoms with Gasteiger partial charge >= 0.3 is 0 Å². The fourth-order valence-corrected chi connectivity index (χ4v) is 2.42. The predicted molar refractivity (Wildman–Crippen MR) is 83.2 cm³/mol. The zero-order valence-corrected chi connectivity index (χ0v) is 12.6. The lowest BCUT2D eigenvalue weighted by Gasteiger charge is -2.14. The Balaban J connectivity index is 2.27. The molecule has 0 N–H and O–H groups in total. The van der Waals surface area contributed by atoms with Gasteiger partial charge in [-0.05, 0) is 36.6 Å². The Bertz CT molecular complexity index is 620. The fraction of sp³-hybridized carbons (Fsp3) is 0.278. The SMILES string of the molecule is COc1ccc(C(C=O)Cc2cccc(C)c2)cc1OC. The van der Waals surface area contributed by atoms with Gasteiger partial charge in [0.25, 0.3) is 0 Å². The Labute approximate surface area is 125 Å². The highest BCUT2D eigenvalue weighted by Gasteiger charge is 2.14. The number of carbonyl (C=O) groups excluding carboxylic acids is 1. The van der Waals surface area contributed by atoms with Gasteiger partial charge in [0, 0.05) is 5.92 Å². The van der Waals surface area contributed by atoms with Crippen molar-refractivity contribution in [3.63, 3.8) is 0 Å². The summed E-state index contributed by atoms with van der Waals surface area (Å²) in [6.45, 7) is 2.05. The summed E-state index contributed by atoms with van der Waals surface area (Å²) in [6, 6.07) is 13.8. The molecular formula is C18H20O3. The van der Waals surface area contributed by atoms with Crippen molar-refractivity contribution < 1.29 is 14.3 Å². The Kier molecular flexibility index (Phi) is 4.99. The van der Waals surface area contributed by atoms with Crippen LogP contribution in [0.2, 0.25) is 0 Å². The molecule has 0 saturated carbocycles. The predicted octanol–water partition coefficient (Wildman–Crippen LogP) is 3.54. The smallest absolute Gasteiger partial charge is 0.161 e. The summed E-state index contributed by atoms with van der Waals surface area (Å²) in [6.07, 6.45) is 1.67. The van der Waals surface area contributed by atoms with E-state index < -0.39 is 0 Å². The molecule has 0 radical (unpaired) electrons. The monoisotopic (exact) mass is 284 g/mol. The quantitative estimate of drug-likeness (QED) is 0.761. The number of rotatable bonds is 6. The Morgan fingerprint density at radius 1 is 1.05 bits per heavy atom. The lowest BCUT2D eigenvalue weighted by Crippen LogP contribution is -2.05. The average molecular weight is 284 g/mol. The minimum atomic E-state index is -0.188. The lowest BCUT2D eigenvalue weighted by atomic mass is 9.92. The molecule has 0 saturated heterocycles. The zero-order chi connectivity index (χ0) is 15.2. The number of hydrogen-bond acceptors (Lipinski definition) is 3. The lowest BCUT2D eigenvalue weighted by molar-refractivity contribution is -0.109. The van der Waals surface area contributed by atoms with Crippen LogP contribution in [0.4, 0.5) is 0 Å². The van der Waals surface area contributed by atoms with Crippen LogP contribution >= 0.6 is 0 Å². The number of benzene rings is 2.